The lowest BCUT2D eigenvalue weighted by atomic mass is 10.2. The molecule has 21 heavy (non-hydrogen) atoms. The number of hydrogen-bond acceptors (Lipinski definition) is 4. The molecule has 0 atom stereocenters. The van der Waals surface area contributed by atoms with Crippen LogP contribution in [0.25, 0.3) is 10.9 Å². The molecule has 2 aromatic heterocycles. The summed E-state index contributed by atoms with van der Waals surface area (Å²) >= 11 is 5.79. The van der Waals surface area contributed by atoms with Crippen molar-refractivity contribution in [3.63, 3.8) is 0 Å². The van der Waals surface area contributed by atoms with Gasteiger partial charge >= 0.3 is 5.97 Å². The first-order valence-electron chi connectivity index (χ1n) is 6.14. The van der Waals surface area contributed by atoms with Crippen LogP contribution in [0.4, 0.5) is 11.5 Å². The molecular weight excluding hydrogens is 290 g/mol. The molecule has 0 spiro atoms. The van der Waals surface area contributed by atoms with Crippen LogP contribution in [0.1, 0.15) is 10.4 Å². The molecule has 1 aromatic carbocycles. The predicted octanol–water partition coefficient (Wildman–Crippen LogP) is 3.73. The molecule has 0 radical (unpaired) electrons. The van der Waals surface area contributed by atoms with Crippen molar-refractivity contribution < 1.29 is 9.90 Å². The van der Waals surface area contributed by atoms with E-state index in [2.05, 4.69) is 15.3 Å². The molecule has 0 saturated heterocycles. The maximum absolute atomic E-state index is 11.1. The number of aromatic nitrogens is 2. The number of carboxylic acids is 1. The number of nitrogens with one attached hydrogen (secondary N) is 1. The van der Waals surface area contributed by atoms with Gasteiger partial charge in [0.15, 0.2) is 0 Å². The van der Waals surface area contributed by atoms with Crippen molar-refractivity contribution in [1.82, 2.24) is 9.97 Å². The molecule has 0 fully saturated rings. The Balaban J connectivity index is 1.94. The Labute approximate surface area is 125 Å². The highest BCUT2D eigenvalue weighted by Gasteiger charge is 2.10. The van der Waals surface area contributed by atoms with Gasteiger partial charge in [0, 0.05) is 23.5 Å². The molecule has 5 nitrogen and oxygen atoms in total. The summed E-state index contributed by atoms with van der Waals surface area (Å²) in [7, 11) is 0. The summed E-state index contributed by atoms with van der Waals surface area (Å²) in [4.78, 5) is 19.4. The quantitative estimate of drug-likeness (QED) is 0.771. The highest BCUT2D eigenvalue weighted by Crippen LogP contribution is 2.23. The lowest BCUT2D eigenvalue weighted by molar-refractivity contribution is 0.0697. The van der Waals surface area contributed by atoms with Gasteiger partial charge in [-0.15, -0.1) is 0 Å². The van der Waals surface area contributed by atoms with E-state index in [4.69, 9.17) is 16.7 Å². The highest BCUT2D eigenvalue weighted by atomic mass is 35.5. The molecule has 0 saturated carbocycles. The number of hydrogen-bond donors (Lipinski definition) is 2. The Kier molecular flexibility index (Phi) is 3.41. The largest absolute Gasteiger partial charge is 0.478 e. The molecule has 0 aliphatic carbocycles. The van der Waals surface area contributed by atoms with Gasteiger partial charge in [0.25, 0.3) is 0 Å². The Hall–Kier alpha value is -2.66. The third kappa shape index (κ3) is 2.78. The smallest absolute Gasteiger partial charge is 0.337 e. The Bertz CT molecular complexity index is 836. The molecule has 2 N–H and O–H groups in total. The van der Waals surface area contributed by atoms with Gasteiger partial charge in [-0.1, -0.05) is 17.7 Å². The van der Waals surface area contributed by atoms with Crippen molar-refractivity contribution in [3.05, 3.63) is 59.4 Å². The number of carbonyl (C=O) groups is 1. The van der Waals surface area contributed by atoms with Crippen LogP contribution in [0.15, 0.2) is 48.8 Å². The second-order valence-electron chi connectivity index (χ2n) is 4.39. The first-order chi connectivity index (χ1) is 10.1. The number of benzene rings is 1. The van der Waals surface area contributed by atoms with Crippen LogP contribution in [0.5, 0.6) is 0 Å². The van der Waals surface area contributed by atoms with Gasteiger partial charge in [0.05, 0.1) is 16.1 Å². The van der Waals surface area contributed by atoms with Crippen LogP contribution < -0.4 is 5.32 Å². The Morgan fingerprint density at radius 3 is 2.86 bits per heavy atom. The fourth-order valence-corrected chi connectivity index (χ4v) is 2.16. The molecule has 104 valence electrons. The topological polar surface area (TPSA) is 75.1 Å². The zero-order valence-electron chi connectivity index (χ0n) is 10.7. The molecule has 0 unspecified atom stereocenters. The maximum atomic E-state index is 11.1. The van der Waals surface area contributed by atoms with Crippen molar-refractivity contribution in [2.45, 2.75) is 0 Å². The van der Waals surface area contributed by atoms with E-state index in [-0.39, 0.29) is 10.6 Å². The summed E-state index contributed by atoms with van der Waals surface area (Å²) in [6.45, 7) is 0. The zero-order valence-corrected chi connectivity index (χ0v) is 11.5. The van der Waals surface area contributed by atoms with E-state index in [1.807, 2.05) is 30.3 Å². The predicted molar refractivity (Wildman–Crippen MR) is 81.2 cm³/mol. The molecule has 0 bridgehead atoms. The van der Waals surface area contributed by atoms with Gasteiger partial charge in [0.2, 0.25) is 0 Å². The average Bonchev–Trinajstić information content (AvgIpc) is 2.49. The van der Waals surface area contributed by atoms with Crippen LogP contribution in [-0.2, 0) is 0 Å². The Morgan fingerprint density at radius 1 is 1.19 bits per heavy atom. The lowest BCUT2D eigenvalue weighted by Crippen LogP contribution is -2.01. The Morgan fingerprint density at radius 2 is 2.05 bits per heavy atom. The zero-order chi connectivity index (χ0) is 14.8. The van der Waals surface area contributed by atoms with Crippen molar-refractivity contribution in [2.24, 2.45) is 0 Å². The number of fused-ring (bicyclic) bond motifs is 1. The third-order valence-corrected chi connectivity index (χ3v) is 3.26. The van der Waals surface area contributed by atoms with Gasteiger partial charge < -0.3 is 10.4 Å². The van der Waals surface area contributed by atoms with Crippen LogP contribution in [0.3, 0.4) is 0 Å². The third-order valence-electron chi connectivity index (χ3n) is 2.96. The summed E-state index contributed by atoms with van der Waals surface area (Å²) in [6.07, 6.45) is 3.05. The molecule has 0 aliphatic rings. The summed E-state index contributed by atoms with van der Waals surface area (Å²) in [6, 6.07) is 10.9. The van der Waals surface area contributed by atoms with E-state index >= 15 is 0 Å². The number of rotatable bonds is 3. The molecule has 3 rings (SSSR count). The summed E-state index contributed by atoms with van der Waals surface area (Å²) < 4.78 is 0. The van der Waals surface area contributed by atoms with E-state index in [0.29, 0.717) is 5.82 Å². The fourth-order valence-electron chi connectivity index (χ4n) is 1.97. The summed E-state index contributed by atoms with van der Waals surface area (Å²) in [5, 5.41) is 13.2. The fraction of sp³-hybridized carbons (Fsp3) is 0. The van der Waals surface area contributed by atoms with Gasteiger partial charge in [-0.2, -0.15) is 0 Å². The SMILES string of the molecule is O=C(O)c1cc(Nc2ccc3ncccc3c2)ncc1Cl. The molecule has 0 amide bonds. The first-order valence-corrected chi connectivity index (χ1v) is 6.52. The first kappa shape index (κ1) is 13.3. The molecule has 2 heterocycles. The number of nitrogens with zero attached hydrogens (tertiary/aromatic N) is 2. The second-order valence-corrected chi connectivity index (χ2v) is 4.80. The normalized spacial score (nSPS) is 10.5. The number of halogens is 1. The van der Waals surface area contributed by atoms with E-state index in [0.717, 1.165) is 16.6 Å². The van der Waals surface area contributed by atoms with Gasteiger partial charge in [-0.3, -0.25) is 4.98 Å². The highest BCUT2D eigenvalue weighted by molar-refractivity contribution is 6.33. The number of carboxylic acid groups (broad SMARTS) is 1. The van der Waals surface area contributed by atoms with Gasteiger partial charge in [-0.25, -0.2) is 9.78 Å². The van der Waals surface area contributed by atoms with Crippen molar-refractivity contribution >= 4 is 40.0 Å². The van der Waals surface area contributed by atoms with E-state index < -0.39 is 5.97 Å². The number of anilines is 2. The van der Waals surface area contributed by atoms with Crippen molar-refractivity contribution in [3.8, 4) is 0 Å². The van der Waals surface area contributed by atoms with Crippen LogP contribution >= 0.6 is 11.6 Å². The second kappa shape index (κ2) is 5.38. The standard InChI is InChI=1S/C15H10ClN3O2/c16-12-8-18-14(7-11(12)15(20)21)19-10-3-4-13-9(6-10)2-1-5-17-13/h1-8H,(H,18,19)(H,20,21). The number of pyridine rings is 2. The molecule has 3 aromatic rings. The van der Waals surface area contributed by atoms with Crippen LogP contribution in [0.2, 0.25) is 5.02 Å². The van der Waals surface area contributed by atoms with E-state index in [9.17, 15) is 4.79 Å². The van der Waals surface area contributed by atoms with Crippen molar-refractivity contribution in [1.29, 1.82) is 0 Å². The minimum absolute atomic E-state index is 0.0108. The van der Waals surface area contributed by atoms with Crippen molar-refractivity contribution in [2.75, 3.05) is 5.32 Å². The average molecular weight is 300 g/mol. The van der Waals surface area contributed by atoms with Crippen LogP contribution in [-0.4, -0.2) is 21.0 Å². The van der Waals surface area contributed by atoms with Gasteiger partial charge in [-0.05, 0) is 30.3 Å². The molecule has 6 heteroatoms. The minimum atomic E-state index is -1.09. The monoisotopic (exact) mass is 299 g/mol. The van der Waals surface area contributed by atoms with Crippen LogP contribution in [0, 0.1) is 0 Å². The van der Waals surface area contributed by atoms with E-state index in [1.54, 1.807) is 6.20 Å². The van der Waals surface area contributed by atoms with Gasteiger partial charge in [0.1, 0.15) is 5.82 Å². The molecule has 0 aliphatic heterocycles. The maximum Gasteiger partial charge on any atom is 0.337 e. The van der Waals surface area contributed by atoms with E-state index in [1.165, 1.54) is 12.3 Å². The summed E-state index contributed by atoms with van der Waals surface area (Å²) in [5.41, 5.74) is 1.69. The number of aromatic carboxylic acids is 1. The minimum Gasteiger partial charge on any atom is -0.478 e. The summed E-state index contributed by atoms with van der Waals surface area (Å²) in [5.74, 6) is -0.673. The molecular formula is C15H10ClN3O2. The lowest BCUT2D eigenvalue weighted by Gasteiger charge is -2.08.